The van der Waals surface area contributed by atoms with Gasteiger partial charge in [0.2, 0.25) is 0 Å². The molecule has 0 aliphatic rings. The van der Waals surface area contributed by atoms with E-state index in [1.54, 1.807) is 4.57 Å². The molecule has 0 aromatic carbocycles. The zero-order valence-corrected chi connectivity index (χ0v) is 10.4. The maximum Gasteiger partial charge on any atom is 0.411 e. The fourth-order valence-corrected chi connectivity index (χ4v) is 1.46. The molecule has 1 aromatic rings. The van der Waals surface area contributed by atoms with E-state index in [1.807, 2.05) is 13.8 Å². The second-order valence-electron chi connectivity index (χ2n) is 4.35. The average Bonchev–Trinajstić information content (AvgIpc) is 2.58. The quantitative estimate of drug-likeness (QED) is 0.846. The molecule has 0 saturated heterocycles. The molecule has 0 fully saturated rings. The van der Waals surface area contributed by atoms with Gasteiger partial charge in [0.05, 0.1) is 6.54 Å². The van der Waals surface area contributed by atoms with Crippen molar-refractivity contribution < 1.29 is 17.9 Å². The molecular formula is C10H17F3N4O. The van der Waals surface area contributed by atoms with Crippen LogP contribution in [0.25, 0.3) is 0 Å². The van der Waals surface area contributed by atoms with E-state index in [9.17, 15) is 13.2 Å². The summed E-state index contributed by atoms with van der Waals surface area (Å²) < 4.78 is 42.1. The van der Waals surface area contributed by atoms with Crippen LogP contribution in [-0.2, 0) is 24.4 Å². The van der Waals surface area contributed by atoms with Crippen LogP contribution in [0.4, 0.5) is 13.2 Å². The Bertz CT molecular complexity index is 376. The number of alkyl halides is 3. The van der Waals surface area contributed by atoms with Gasteiger partial charge in [0.25, 0.3) is 0 Å². The summed E-state index contributed by atoms with van der Waals surface area (Å²) in [6.07, 6.45) is -4.33. The average molecular weight is 266 g/mol. The van der Waals surface area contributed by atoms with Gasteiger partial charge in [-0.1, -0.05) is 13.8 Å². The second kappa shape index (κ2) is 6.14. The fourth-order valence-electron chi connectivity index (χ4n) is 1.46. The van der Waals surface area contributed by atoms with E-state index in [2.05, 4.69) is 14.9 Å². The third-order valence-electron chi connectivity index (χ3n) is 2.13. The van der Waals surface area contributed by atoms with Gasteiger partial charge in [-0.3, -0.25) is 0 Å². The van der Waals surface area contributed by atoms with Gasteiger partial charge in [0.15, 0.2) is 5.82 Å². The Balaban J connectivity index is 2.67. The van der Waals surface area contributed by atoms with Crippen molar-refractivity contribution in [2.75, 3.05) is 6.61 Å². The molecule has 18 heavy (non-hydrogen) atoms. The van der Waals surface area contributed by atoms with E-state index in [-0.39, 0.29) is 13.2 Å². The van der Waals surface area contributed by atoms with Gasteiger partial charge in [0, 0.05) is 6.54 Å². The molecule has 1 heterocycles. The number of hydrogen-bond acceptors (Lipinski definition) is 4. The monoisotopic (exact) mass is 266 g/mol. The van der Waals surface area contributed by atoms with E-state index in [0.717, 1.165) is 0 Å². The third kappa shape index (κ3) is 4.61. The Morgan fingerprint density at radius 2 is 1.89 bits per heavy atom. The molecule has 104 valence electrons. The van der Waals surface area contributed by atoms with Crippen LogP contribution in [0.15, 0.2) is 0 Å². The van der Waals surface area contributed by atoms with Crippen molar-refractivity contribution in [1.29, 1.82) is 0 Å². The van der Waals surface area contributed by atoms with Crippen molar-refractivity contribution in [2.24, 2.45) is 11.7 Å². The molecule has 0 amide bonds. The Kier molecular flexibility index (Phi) is 5.09. The second-order valence-corrected chi connectivity index (χ2v) is 4.35. The molecule has 0 saturated carbocycles. The topological polar surface area (TPSA) is 66.0 Å². The predicted molar refractivity (Wildman–Crippen MR) is 58.5 cm³/mol. The third-order valence-corrected chi connectivity index (χ3v) is 2.13. The van der Waals surface area contributed by atoms with E-state index >= 15 is 0 Å². The number of nitrogens with zero attached hydrogens (tertiary/aromatic N) is 3. The van der Waals surface area contributed by atoms with Crippen molar-refractivity contribution >= 4 is 0 Å². The normalized spacial score (nSPS) is 12.4. The van der Waals surface area contributed by atoms with E-state index in [1.165, 1.54) is 0 Å². The van der Waals surface area contributed by atoms with E-state index in [0.29, 0.717) is 24.1 Å². The summed E-state index contributed by atoms with van der Waals surface area (Å²) >= 11 is 0. The number of ether oxygens (including phenoxy) is 1. The van der Waals surface area contributed by atoms with Gasteiger partial charge in [-0.2, -0.15) is 13.2 Å². The van der Waals surface area contributed by atoms with Gasteiger partial charge >= 0.3 is 6.18 Å². The minimum atomic E-state index is -4.33. The first kappa shape index (κ1) is 14.9. The van der Waals surface area contributed by atoms with Crippen molar-refractivity contribution in [3.8, 4) is 0 Å². The van der Waals surface area contributed by atoms with Gasteiger partial charge < -0.3 is 15.0 Å². The largest absolute Gasteiger partial charge is 0.411 e. The molecule has 8 heteroatoms. The van der Waals surface area contributed by atoms with Crippen molar-refractivity contribution in [1.82, 2.24) is 14.8 Å². The Labute approximate surface area is 103 Å². The molecule has 0 aliphatic heterocycles. The molecule has 0 atom stereocenters. The van der Waals surface area contributed by atoms with E-state index < -0.39 is 12.8 Å². The fraction of sp³-hybridized carbons (Fsp3) is 0.800. The minimum Gasteiger partial charge on any atom is -0.364 e. The zero-order chi connectivity index (χ0) is 13.8. The lowest BCUT2D eigenvalue weighted by Gasteiger charge is -2.12. The van der Waals surface area contributed by atoms with Gasteiger partial charge in [0.1, 0.15) is 19.0 Å². The van der Waals surface area contributed by atoms with Crippen LogP contribution in [-0.4, -0.2) is 27.5 Å². The molecule has 5 nitrogen and oxygen atoms in total. The summed E-state index contributed by atoms with van der Waals surface area (Å²) in [4.78, 5) is 0. The SMILES string of the molecule is CC(C)Cn1c(CN)nnc1COCC(F)(F)F. The van der Waals surface area contributed by atoms with Crippen LogP contribution in [0.5, 0.6) is 0 Å². The molecule has 0 radical (unpaired) electrons. The summed E-state index contributed by atoms with van der Waals surface area (Å²) in [7, 11) is 0. The van der Waals surface area contributed by atoms with Crippen LogP contribution >= 0.6 is 0 Å². The summed E-state index contributed by atoms with van der Waals surface area (Å²) in [5, 5.41) is 7.63. The number of aromatic nitrogens is 3. The molecule has 0 unspecified atom stereocenters. The molecule has 2 N–H and O–H groups in total. The summed E-state index contributed by atoms with van der Waals surface area (Å²) in [6, 6.07) is 0. The zero-order valence-electron chi connectivity index (χ0n) is 10.4. The van der Waals surface area contributed by atoms with Crippen LogP contribution in [0.3, 0.4) is 0 Å². The molecule has 1 aromatic heterocycles. The lowest BCUT2D eigenvalue weighted by atomic mass is 10.2. The standard InChI is InChI=1S/C10H17F3N4O/c1-7(2)4-17-8(3-14)15-16-9(17)5-18-6-10(11,12)13/h7H,3-6,14H2,1-2H3. The van der Waals surface area contributed by atoms with Crippen molar-refractivity contribution in [2.45, 2.75) is 39.7 Å². The van der Waals surface area contributed by atoms with Gasteiger partial charge in [-0.05, 0) is 5.92 Å². The summed E-state index contributed by atoms with van der Waals surface area (Å²) in [5.74, 6) is 1.23. The smallest absolute Gasteiger partial charge is 0.364 e. The van der Waals surface area contributed by atoms with E-state index in [4.69, 9.17) is 5.73 Å². The van der Waals surface area contributed by atoms with Gasteiger partial charge in [-0.15, -0.1) is 10.2 Å². The lowest BCUT2D eigenvalue weighted by Crippen LogP contribution is -2.19. The highest BCUT2D eigenvalue weighted by Crippen LogP contribution is 2.16. The van der Waals surface area contributed by atoms with Crippen LogP contribution < -0.4 is 5.73 Å². The molecule has 1 rings (SSSR count). The molecule has 0 bridgehead atoms. The lowest BCUT2D eigenvalue weighted by molar-refractivity contribution is -0.177. The molecule has 0 aliphatic carbocycles. The number of hydrogen-bond donors (Lipinski definition) is 1. The summed E-state index contributed by atoms with van der Waals surface area (Å²) in [6.45, 7) is 3.25. The molecular weight excluding hydrogens is 249 g/mol. The first-order valence-electron chi connectivity index (χ1n) is 5.59. The molecule has 0 spiro atoms. The highest BCUT2D eigenvalue weighted by molar-refractivity contribution is 4.94. The Morgan fingerprint density at radius 3 is 2.39 bits per heavy atom. The van der Waals surface area contributed by atoms with Crippen LogP contribution in [0.1, 0.15) is 25.5 Å². The minimum absolute atomic E-state index is 0.193. The summed E-state index contributed by atoms with van der Waals surface area (Å²) in [5.41, 5.74) is 5.49. The Morgan fingerprint density at radius 1 is 1.28 bits per heavy atom. The predicted octanol–water partition coefficient (Wildman–Crippen LogP) is 1.47. The number of halogens is 3. The van der Waals surface area contributed by atoms with Crippen molar-refractivity contribution in [3.63, 3.8) is 0 Å². The highest BCUT2D eigenvalue weighted by Gasteiger charge is 2.27. The maximum atomic E-state index is 12.0. The van der Waals surface area contributed by atoms with Crippen molar-refractivity contribution in [3.05, 3.63) is 11.6 Å². The number of nitrogens with two attached hydrogens (primary N) is 1. The Hall–Kier alpha value is -1.15. The van der Waals surface area contributed by atoms with Crippen LogP contribution in [0, 0.1) is 5.92 Å². The first-order valence-corrected chi connectivity index (χ1v) is 5.59. The number of rotatable bonds is 6. The first-order chi connectivity index (χ1) is 8.33. The van der Waals surface area contributed by atoms with Gasteiger partial charge in [-0.25, -0.2) is 0 Å². The maximum absolute atomic E-state index is 12.0. The van der Waals surface area contributed by atoms with Crippen LogP contribution in [0.2, 0.25) is 0 Å². The highest BCUT2D eigenvalue weighted by atomic mass is 19.4.